The number of hydrogen-bond acceptors (Lipinski definition) is 7. The van der Waals surface area contributed by atoms with Crippen LogP contribution in [0, 0.1) is 0 Å². The maximum absolute atomic E-state index is 13.6. The molecule has 1 aromatic heterocycles. The summed E-state index contributed by atoms with van der Waals surface area (Å²) in [7, 11) is 0. The summed E-state index contributed by atoms with van der Waals surface area (Å²) in [6.45, 7) is 0.173. The third-order valence-corrected chi connectivity index (χ3v) is 4.11. The van der Waals surface area contributed by atoms with Crippen LogP contribution in [0.2, 0.25) is 0 Å². The van der Waals surface area contributed by atoms with Gasteiger partial charge < -0.3 is 20.5 Å². The monoisotopic (exact) mass is 369 g/mol. The van der Waals surface area contributed by atoms with Gasteiger partial charge in [0.1, 0.15) is 32.5 Å². The summed E-state index contributed by atoms with van der Waals surface area (Å²) in [6.07, 6.45) is 2.54. The van der Waals surface area contributed by atoms with Crippen molar-refractivity contribution < 1.29 is 18.7 Å². The molecule has 27 heavy (non-hydrogen) atoms. The number of rotatable bonds is 4. The zero-order chi connectivity index (χ0) is 18.8. The van der Waals surface area contributed by atoms with Crippen molar-refractivity contribution in [2.45, 2.75) is 6.67 Å². The minimum Gasteiger partial charge on any atom is -0.486 e. The molecule has 0 unspecified atom stereocenters. The van der Waals surface area contributed by atoms with Gasteiger partial charge in [-0.2, -0.15) is 9.78 Å². The van der Waals surface area contributed by atoms with E-state index in [-0.39, 0.29) is 16.8 Å². The van der Waals surface area contributed by atoms with Gasteiger partial charge in [0.15, 0.2) is 11.5 Å². The molecule has 3 aromatic rings. The number of nitrogens with two attached hydrogens (primary N) is 1. The molecule has 0 fully saturated rings. The number of halogens is 1. The molecule has 0 saturated carbocycles. The van der Waals surface area contributed by atoms with E-state index in [1.807, 2.05) is 0 Å². The summed E-state index contributed by atoms with van der Waals surface area (Å²) >= 11 is 0. The number of fused-ring (bicyclic) bond motifs is 1. The van der Waals surface area contributed by atoms with Crippen LogP contribution < -0.4 is 20.5 Å². The van der Waals surface area contributed by atoms with Crippen molar-refractivity contribution >= 4 is 23.0 Å². The minimum absolute atomic E-state index is 0.170. The van der Waals surface area contributed by atoms with Crippen LogP contribution in [-0.2, 0) is 6.67 Å². The molecule has 0 atom stereocenters. The van der Waals surface area contributed by atoms with Crippen LogP contribution in [0.4, 0.5) is 21.5 Å². The lowest BCUT2D eigenvalue weighted by atomic mass is 10.1. The fourth-order valence-electron chi connectivity index (χ4n) is 2.80. The Bertz CT molecular complexity index is 991. The number of nitrogens with one attached hydrogen (secondary N) is 1. The van der Waals surface area contributed by atoms with Crippen LogP contribution in [-0.4, -0.2) is 33.9 Å². The molecule has 0 spiro atoms. The Morgan fingerprint density at radius 1 is 1.22 bits per heavy atom. The summed E-state index contributed by atoms with van der Waals surface area (Å²) in [5.41, 5.74) is 7.70. The zero-order valence-electron chi connectivity index (χ0n) is 14.2. The number of benzene rings is 2. The topological polar surface area (TPSA) is 104 Å². The van der Waals surface area contributed by atoms with Crippen molar-refractivity contribution in [2.75, 3.05) is 24.3 Å². The lowest BCUT2D eigenvalue weighted by Gasteiger charge is -2.20. The molecule has 0 aliphatic carbocycles. The molecule has 0 amide bonds. The van der Waals surface area contributed by atoms with E-state index in [1.54, 1.807) is 18.2 Å². The third-order valence-electron chi connectivity index (χ3n) is 4.11. The molecule has 1 aliphatic heterocycles. The zero-order valence-corrected chi connectivity index (χ0v) is 14.2. The molecule has 138 valence electrons. The predicted molar refractivity (Wildman–Crippen MR) is 96.1 cm³/mol. The molecule has 1 aliphatic rings. The van der Waals surface area contributed by atoms with Gasteiger partial charge in [-0.15, -0.1) is 0 Å². The summed E-state index contributed by atoms with van der Waals surface area (Å²) < 4.78 is 25.7. The number of alkyl halides is 1. The molecular formula is C18H16FN5O3. The highest BCUT2D eigenvalue weighted by Crippen LogP contribution is 2.35. The summed E-state index contributed by atoms with van der Waals surface area (Å²) in [6, 6.07) is 8.25. The standard InChI is InChI=1S/C18H16FN5O3/c19-8-13-14(20)5-11(18(25)24-10-21-9-22-24)6-15(13)23-12-1-2-16-17(7-12)27-4-3-26-16/h1-2,5-7,9-10,23H,3-4,8,20H2. The van der Waals surface area contributed by atoms with Crippen molar-refractivity contribution in [1.82, 2.24) is 14.8 Å². The number of ether oxygens (including phenoxy) is 2. The van der Waals surface area contributed by atoms with E-state index in [4.69, 9.17) is 15.2 Å². The van der Waals surface area contributed by atoms with Crippen molar-refractivity contribution in [3.05, 3.63) is 54.1 Å². The van der Waals surface area contributed by atoms with E-state index < -0.39 is 12.6 Å². The summed E-state index contributed by atoms with van der Waals surface area (Å²) in [4.78, 5) is 16.3. The Balaban J connectivity index is 1.69. The number of aromatic nitrogens is 3. The minimum atomic E-state index is -0.781. The Hall–Kier alpha value is -3.62. The normalized spacial score (nSPS) is 12.6. The highest BCUT2D eigenvalue weighted by molar-refractivity contribution is 5.98. The van der Waals surface area contributed by atoms with Crippen molar-refractivity contribution in [3.8, 4) is 11.5 Å². The predicted octanol–water partition coefficient (Wildman–Crippen LogP) is 2.53. The van der Waals surface area contributed by atoms with Crippen LogP contribution in [0.5, 0.6) is 11.5 Å². The maximum atomic E-state index is 13.6. The lowest BCUT2D eigenvalue weighted by molar-refractivity contribution is 0.0944. The van der Waals surface area contributed by atoms with Gasteiger partial charge in [0, 0.05) is 34.3 Å². The van der Waals surface area contributed by atoms with Crippen molar-refractivity contribution in [2.24, 2.45) is 0 Å². The van der Waals surface area contributed by atoms with Crippen molar-refractivity contribution in [3.63, 3.8) is 0 Å². The molecule has 0 radical (unpaired) electrons. The molecule has 2 aromatic carbocycles. The molecule has 0 saturated heterocycles. The quantitative estimate of drug-likeness (QED) is 0.681. The van der Waals surface area contributed by atoms with Crippen LogP contribution in [0.3, 0.4) is 0 Å². The molecule has 3 N–H and O–H groups in total. The van der Waals surface area contributed by atoms with E-state index in [0.717, 1.165) is 4.68 Å². The number of nitrogens with zero attached hydrogens (tertiary/aromatic N) is 3. The van der Waals surface area contributed by atoms with Gasteiger partial charge >= 0.3 is 0 Å². The second-order valence-electron chi connectivity index (χ2n) is 5.85. The molecular weight excluding hydrogens is 353 g/mol. The first kappa shape index (κ1) is 16.8. The number of carbonyl (C=O) groups excluding carboxylic acids is 1. The molecule has 9 heteroatoms. The van der Waals surface area contributed by atoms with Gasteiger partial charge in [-0.1, -0.05) is 0 Å². The van der Waals surface area contributed by atoms with Gasteiger partial charge in [-0.05, 0) is 24.3 Å². The average molecular weight is 369 g/mol. The first-order chi connectivity index (χ1) is 13.2. The van der Waals surface area contributed by atoms with E-state index in [1.165, 1.54) is 24.8 Å². The lowest BCUT2D eigenvalue weighted by Crippen LogP contribution is -2.15. The highest BCUT2D eigenvalue weighted by atomic mass is 19.1. The fourth-order valence-corrected chi connectivity index (χ4v) is 2.80. The van der Waals surface area contributed by atoms with E-state index in [2.05, 4.69) is 15.4 Å². The first-order valence-corrected chi connectivity index (χ1v) is 8.20. The second-order valence-corrected chi connectivity index (χ2v) is 5.85. The second kappa shape index (κ2) is 6.94. The largest absolute Gasteiger partial charge is 0.486 e. The molecule has 4 rings (SSSR count). The Morgan fingerprint density at radius 2 is 2.04 bits per heavy atom. The van der Waals surface area contributed by atoms with Crippen molar-refractivity contribution in [1.29, 1.82) is 0 Å². The van der Waals surface area contributed by atoms with Gasteiger partial charge in [-0.3, -0.25) is 4.79 Å². The smallest absolute Gasteiger partial charge is 0.279 e. The fraction of sp³-hybridized carbons (Fsp3) is 0.167. The van der Waals surface area contributed by atoms with Gasteiger partial charge in [0.25, 0.3) is 5.91 Å². The summed E-state index contributed by atoms with van der Waals surface area (Å²) in [5.74, 6) is 0.817. The highest BCUT2D eigenvalue weighted by Gasteiger charge is 2.17. The van der Waals surface area contributed by atoms with Crippen LogP contribution in [0.15, 0.2) is 43.0 Å². The van der Waals surface area contributed by atoms with Gasteiger partial charge in [-0.25, -0.2) is 9.37 Å². The van der Waals surface area contributed by atoms with Crippen LogP contribution in [0.25, 0.3) is 0 Å². The molecule has 2 heterocycles. The van der Waals surface area contributed by atoms with Crippen LogP contribution >= 0.6 is 0 Å². The summed E-state index contributed by atoms with van der Waals surface area (Å²) in [5, 5.41) is 6.92. The molecule has 8 nitrogen and oxygen atoms in total. The number of hydrogen-bond donors (Lipinski definition) is 2. The number of carbonyl (C=O) groups is 1. The third kappa shape index (κ3) is 3.26. The first-order valence-electron chi connectivity index (χ1n) is 8.20. The van der Waals surface area contributed by atoms with Gasteiger partial charge in [0.2, 0.25) is 0 Å². The number of nitrogen functional groups attached to an aromatic ring is 1. The van der Waals surface area contributed by atoms with Crippen LogP contribution in [0.1, 0.15) is 15.9 Å². The Kier molecular flexibility index (Phi) is 4.33. The molecule has 0 bridgehead atoms. The van der Waals surface area contributed by atoms with E-state index in [9.17, 15) is 9.18 Å². The Morgan fingerprint density at radius 3 is 2.78 bits per heavy atom. The maximum Gasteiger partial charge on any atom is 0.279 e. The van der Waals surface area contributed by atoms with E-state index >= 15 is 0 Å². The average Bonchev–Trinajstić information content (AvgIpc) is 3.22. The van der Waals surface area contributed by atoms with E-state index in [0.29, 0.717) is 36.1 Å². The SMILES string of the molecule is Nc1cc(C(=O)n2cncn2)cc(Nc2ccc3c(c2)OCCO3)c1CF. The number of anilines is 3. The van der Waals surface area contributed by atoms with Gasteiger partial charge in [0.05, 0.1) is 0 Å². The Labute approximate surface area is 153 Å².